The van der Waals surface area contributed by atoms with Gasteiger partial charge in [0.05, 0.1) is 0 Å². The first-order chi connectivity index (χ1) is 6.65. The van der Waals surface area contributed by atoms with E-state index in [0.717, 1.165) is 25.2 Å². The van der Waals surface area contributed by atoms with Crippen LogP contribution in [0, 0.1) is 17.2 Å². The second kappa shape index (κ2) is 4.91. The van der Waals surface area contributed by atoms with Crippen molar-refractivity contribution in [2.75, 3.05) is 12.3 Å². The highest BCUT2D eigenvalue weighted by Gasteiger charge is 2.28. The molecule has 0 aromatic heterocycles. The molecule has 1 aliphatic carbocycles. The monoisotopic (exact) mass is 230 g/mol. The first kappa shape index (κ1) is 11.7. The second-order valence-corrected chi connectivity index (χ2v) is 8.44. The van der Waals surface area contributed by atoms with Gasteiger partial charge in [0.25, 0.3) is 0 Å². The fourth-order valence-corrected chi connectivity index (χ4v) is 2.02. The smallest absolute Gasteiger partial charge is 0.160 e. The average molecular weight is 230 g/mol. The molecule has 0 amide bonds. The normalized spacial score (nSPS) is 17.6. The van der Waals surface area contributed by atoms with Crippen molar-refractivity contribution in [1.29, 1.82) is 5.26 Å². The molecular weight excluding hydrogens is 215 g/mol. The van der Waals surface area contributed by atoms with E-state index >= 15 is 0 Å². The Hall–Kier alpha value is -0.390. The zero-order chi connectivity index (χ0) is 10.6. The Labute approximate surface area is 90.2 Å². The van der Waals surface area contributed by atoms with E-state index in [9.17, 15) is 0 Å². The van der Waals surface area contributed by atoms with Crippen molar-refractivity contribution in [3.05, 3.63) is 0 Å². The lowest BCUT2D eigenvalue weighted by molar-refractivity contribution is 0.378. The van der Waals surface area contributed by atoms with E-state index in [1.807, 2.05) is 13.8 Å². The van der Waals surface area contributed by atoms with Crippen LogP contribution in [0.15, 0.2) is 5.16 Å². The van der Waals surface area contributed by atoms with Gasteiger partial charge in [-0.25, -0.2) is 0 Å². The van der Waals surface area contributed by atoms with Crippen molar-refractivity contribution in [3.63, 3.8) is 0 Å². The molecule has 0 unspecified atom stereocenters. The maximum absolute atomic E-state index is 8.80. The van der Waals surface area contributed by atoms with E-state index in [1.165, 1.54) is 0 Å². The van der Waals surface area contributed by atoms with Crippen molar-refractivity contribution in [1.82, 2.24) is 0 Å². The summed E-state index contributed by atoms with van der Waals surface area (Å²) in [5, 5.41) is 12.7. The maximum atomic E-state index is 8.80. The summed E-state index contributed by atoms with van der Waals surface area (Å²) in [6, 6.07) is 2.08. The molecule has 3 nitrogen and oxygen atoms in total. The predicted molar refractivity (Wildman–Crippen MR) is 62.2 cm³/mol. The summed E-state index contributed by atoms with van der Waals surface area (Å²) in [7, 11) is 0. The lowest BCUT2D eigenvalue weighted by atomic mass is 10.3. The predicted octanol–water partition coefficient (Wildman–Crippen LogP) is 2.73. The highest BCUT2D eigenvalue weighted by Crippen LogP contribution is 2.47. The van der Waals surface area contributed by atoms with E-state index in [-0.39, 0.29) is 0 Å². The van der Waals surface area contributed by atoms with Crippen LogP contribution < -0.4 is 0 Å². The SMILES string of the molecule is CCP(=S)(CC)ON=C(C#N)C1CC1. The third-order valence-electron chi connectivity index (χ3n) is 2.33. The van der Waals surface area contributed by atoms with E-state index in [4.69, 9.17) is 21.7 Å². The fraction of sp³-hybridized carbons (Fsp3) is 0.778. The average Bonchev–Trinajstić information content (AvgIpc) is 3.02. The molecular formula is C9H15N2OPS. The van der Waals surface area contributed by atoms with Crippen LogP contribution in [0.4, 0.5) is 0 Å². The van der Waals surface area contributed by atoms with Gasteiger partial charge in [-0.2, -0.15) is 5.26 Å². The van der Waals surface area contributed by atoms with Crippen molar-refractivity contribution < 1.29 is 4.62 Å². The van der Waals surface area contributed by atoms with Crippen LogP contribution in [-0.4, -0.2) is 18.0 Å². The zero-order valence-corrected chi connectivity index (χ0v) is 10.3. The molecule has 1 aliphatic rings. The van der Waals surface area contributed by atoms with Gasteiger partial charge in [-0.3, -0.25) is 0 Å². The Morgan fingerprint density at radius 3 is 2.50 bits per heavy atom. The first-order valence-corrected chi connectivity index (χ1v) is 7.99. The Kier molecular flexibility index (Phi) is 4.10. The summed E-state index contributed by atoms with van der Waals surface area (Å²) in [5.41, 5.74) is 0.529. The second-order valence-electron chi connectivity index (χ2n) is 3.39. The Morgan fingerprint density at radius 2 is 2.14 bits per heavy atom. The van der Waals surface area contributed by atoms with Gasteiger partial charge < -0.3 is 4.62 Å². The highest BCUT2D eigenvalue weighted by molar-refractivity contribution is 8.12. The van der Waals surface area contributed by atoms with Gasteiger partial charge in [-0.15, -0.1) is 0 Å². The molecule has 1 fully saturated rings. The molecule has 0 N–H and O–H groups in total. The molecule has 0 atom stereocenters. The Bertz CT molecular complexity index is 309. The van der Waals surface area contributed by atoms with Gasteiger partial charge >= 0.3 is 0 Å². The molecule has 0 aliphatic heterocycles. The fourth-order valence-electron chi connectivity index (χ4n) is 1.00. The zero-order valence-electron chi connectivity index (χ0n) is 8.56. The third kappa shape index (κ3) is 3.08. The quantitative estimate of drug-likeness (QED) is 0.414. The minimum absolute atomic E-state index is 0.345. The summed E-state index contributed by atoms with van der Waals surface area (Å²) >= 11 is 5.35. The first-order valence-electron chi connectivity index (χ1n) is 4.90. The van der Waals surface area contributed by atoms with E-state index in [2.05, 4.69) is 11.2 Å². The number of rotatable bonds is 5. The lowest BCUT2D eigenvalue weighted by Gasteiger charge is -2.14. The molecule has 5 heteroatoms. The van der Waals surface area contributed by atoms with Gasteiger partial charge in [0, 0.05) is 18.2 Å². The Morgan fingerprint density at radius 1 is 1.57 bits per heavy atom. The molecule has 0 heterocycles. The number of oxime groups is 1. The summed E-state index contributed by atoms with van der Waals surface area (Å²) in [5.74, 6) is 0.345. The summed E-state index contributed by atoms with van der Waals surface area (Å²) in [4.78, 5) is 0. The number of nitriles is 1. The molecule has 78 valence electrons. The van der Waals surface area contributed by atoms with Gasteiger partial charge in [0.1, 0.15) is 12.3 Å². The van der Waals surface area contributed by atoms with Crippen molar-refractivity contribution in [2.24, 2.45) is 11.1 Å². The van der Waals surface area contributed by atoms with Crippen molar-refractivity contribution in [3.8, 4) is 6.07 Å². The van der Waals surface area contributed by atoms with Crippen LogP contribution >= 0.6 is 6.26 Å². The van der Waals surface area contributed by atoms with Crippen molar-refractivity contribution >= 4 is 23.8 Å². The third-order valence-corrected chi connectivity index (χ3v) is 6.39. The van der Waals surface area contributed by atoms with Crippen LogP contribution in [0.5, 0.6) is 0 Å². The number of hydrogen-bond acceptors (Lipinski definition) is 4. The largest absolute Gasteiger partial charge is 0.368 e. The van der Waals surface area contributed by atoms with Crippen LogP contribution in [0.2, 0.25) is 0 Å². The molecule has 14 heavy (non-hydrogen) atoms. The van der Waals surface area contributed by atoms with E-state index < -0.39 is 6.26 Å². The number of hydrogen-bond donors (Lipinski definition) is 0. The van der Waals surface area contributed by atoms with Crippen molar-refractivity contribution in [2.45, 2.75) is 26.7 Å². The maximum Gasteiger partial charge on any atom is 0.160 e. The van der Waals surface area contributed by atoms with Gasteiger partial charge in [-0.1, -0.05) is 30.8 Å². The van der Waals surface area contributed by atoms with Crippen LogP contribution in [0.1, 0.15) is 26.7 Å². The molecule has 1 rings (SSSR count). The highest BCUT2D eigenvalue weighted by atomic mass is 32.4. The molecule has 0 radical (unpaired) electrons. The molecule has 0 bridgehead atoms. The van der Waals surface area contributed by atoms with Crippen LogP contribution in [0.3, 0.4) is 0 Å². The molecule has 0 saturated heterocycles. The summed E-state index contributed by atoms with van der Waals surface area (Å²) in [6.07, 6.45) is 2.05. The van der Waals surface area contributed by atoms with Crippen LogP contribution in [-0.2, 0) is 16.4 Å². The molecule has 0 aromatic carbocycles. The molecule has 1 saturated carbocycles. The van der Waals surface area contributed by atoms with E-state index in [1.54, 1.807) is 0 Å². The standard InChI is InChI=1S/C9H15N2OPS/c1-3-13(14,4-2)12-11-9(7-10)8-5-6-8/h8H,3-6H2,1-2H3. The Balaban J connectivity index is 2.59. The molecule has 0 spiro atoms. The topological polar surface area (TPSA) is 45.4 Å². The van der Waals surface area contributed by atoms with Gasteiger partial charge in [0.2, 0.25) is 0 Å². The molecule has 0 aromatic rings. The van der Waals surface area contributed by atoms with Crippen LogP contribution in [0.25, 0.3) is 0 Å². The van der Waals surface area contributed by atoms with E-state index in [0.29, 0.717) is 11.6 Å². The van der Waals surface area contributed by atoms with Gasteiger partial charge in [-0.05, 0) is 12.8 Å². The number of nitrogens with zero attached hydrogens (tertiary/aromatic N) is 2. The summed E-state index contributed by atoms with van der Waals surface area (Å²) in [6.45, 7) is 4.03. The summed E-state index contributed by atoms with van der Waals surface area (Å²) < 4.78 is 5.37. The minimum atomic E-state index is -1.77. The lowest BCUT2D eigenvalue weighted by Crippen LogP contribution is -1.99. The minimum Gasteiger partial charge on any atom is -0.368 e. The van der Waals surface area contributed by atoms with Gasteiger partial charge in [0.15, 0.2) is 5.71 Å².